The van der Waals surface area contributed by atoms with Gasteiger partial charge in [0.1, 0.15) is 0 Å². The first-order chi connectivity index (χ1) is 6.79. The summed E-state index contributed by atoms with van der Waals surface area (Å²) in [5, 5.41) is 11.2. The Bertz CT molecular complexity index is 175. The number of hydrogen-bond acceptors (Lipinski definition) is 2. The first-order valence-corrected chi connectivity index (χ1v) is 5.52. The first kappa shape index (κ1) is 11.3. The number of rotatable bonds is 4. The van der Waals surface area contributed by atoms with Crippen molar-refractivity contribution in [2.24, 2.45) is 0 Å². The van der Waals surface area contributed by atoms with E-state index in [4.69, 9.17) is 5.41 Å². The minimum absolute atomic E-state index is 0.709. The summed E-state index contributed by atoms with van der Waals surface area (Å²) < 4.78 is 0. The van der Waals surface area contributed by atoms with Crippen LogP contribution in [0.1, 0.15) is 19.8 Å². The van der Waals surface area contributed by atoms with Crippen LogP contribution in [0.4, 0.5) is 0 Å². The molecule has 2 N–H and O–H groups in total. The maximum absolute atomic E-state index is 8.05. The molecule has 1 rings (SSSR count). The van der Waals surface area contributed by atoms with E-state index in [9.17, 15) is 0 Å². The van der Waals surface area contributed by atoms with Gasteiger partial charge in [0, 0.05) is 32.7 Å². The third kappa shape index (κ3) is 2.87. The molecule has 1 heterocycles. The molecular formula is C10H22N4. The van der Waals surface area contributed by atoms with Gasteiger partial charge in [0.25, 0.3) is 0 Å². The molecule has 0 radical (unpaired) electrons. The highest BCUT2D eigenvalue weighted by Crippen LogP contribution is 2.09. The molecule has 82 valence electrons. The van der Waals surface area contributed by atoms with Crippen LogP contribution in [-0.2, 0) is 0 Å². The second kappa shape index (κ2) is 5.86. The summed E-state index contributed by atoms with van der Waals surface area (Å²) in [6.45, 7) is 7.05. The Morgan fingerprint density at radius 1 is 1.43 bits per heavy atom. The monoisotopic (exact) mass is 198 g/mol. The lowest BCUT2D eigenvalue weighted by Gasteiger charge is -2.29. The topological polar surface area (TPSA) is 42.4 Å². The quantitative estimate of drug-likeness (QED) is 0.512. The zero-order chi connectivity index (χ0) is 10.4. The fraction of sp³-hybridized carbons (Fsp3) is 0.900. The molecule has 0 amide bonds. The van der Waals surface area contributed by atoms with Gasteiger partial charge in [-0.3, -0.25) is 5.41 Å². The van der Waals surface area contributed by atoms with Crippen LogP contribution in [-0.4, -0.2) is 55.5 Å². The van der Waals surface area contributed by atoms with Gasteiger partial charge in [0.05, 0.1) is 0 Å². The number of likely N-dealkylation sites (N-methyl/N-ethyl adjacent to an activating group) is 2. The van der Waals surface area contributed by atoms with E-state index >= 15 is 0 Å². The summed E-state index contributed by atoms with van der Waals surface area (Å²) in [5.74, 6) is 0.709. The standard InChI is InChI=1S/C10H22N4/c1-3-13(9-6-12-2)10(11)14-7-4-5-8-14/h11-12H,3-9H2,1-2H3. The first-order valence-electron chi connectivity index (χ1n) is 5.52. The molecule has 1 aliphatic rings. The molecule has 1 fully saturated rings. The third-order valence-corrected chi connectivity index (χ3v) is 2.72. The minimum Gasteiger partial charge on any atom is -0.343 e. The maximum atomic E-state index is 8.05. The van der Waals surface area contributed by atoms with Crippen molar-refractivity contribution in [1.82, 2.24) is 15.1 Å². The molecule has 4 nitrogen and oxygen atoms in total. The Labute approximate surface area is 86.8 Å². The van der Waals surface area contributed by atoms with Gasteiger partial charge in [-0.15, -0.1) is 0 Å². The Hall–Kier alpha value is -0.770. The molecule has 0 bridgehead atoms. The molecule has 0 spiro atoms. The predicted octanol–water partition coefficient (Wildman–Crippen LogP) is 0.558. The molecule has 4 heteroatoms. The van der Waals surface area contributed by atoms with Gasteiger partial charge in [-0.1, -0.05) is 0 Å². The van der Waals surface area contributed by atoms with Crippen LogP contribution >= 0.6 is 0 Å². The summed E-state index contributed by atoms with van der Waals surface area (Å²) in [5.41, 5.74) is 0. The van der Waals surface area contributed by atoms with Crippen molar-refractivity contribution in [3.63, 3.8) is 0 Å². The van der Waals surface area contributed by atoms with Gasteiger partial charge < -0.3 is 15.1 Å². The number of nitrogens with one attached hydrogen (secondary N) is 2. The lowest BCUT2D eigenvalue weighted by Crippen LogP contribution is -2.44. The number of hydrogen-bond donors (Lipinski definition) is 2. The van der Waals surface area contributed by atoms with Gasteiger partial charge in [-0.25, -0.2) is 0 Å². The molecule has 0 aliphatic carbocycles. The van der Waals surface area contributed by atoms with Crippen LogP contribution < -0.4 is 5.32 Å². The van der Waals surface area contributed by atoms with Crippen molar-refractivity contribution in [3.05, 3.63) is 0 Å². The molecule has 0 aromatic heterocycles. The molecule has 0 aromatic rings. The fourth-order valence-electron chi connectivity index (χ4n) is 1.79. The molecule has 0 saturated carbocycles. The van der Waals surface area contributed by atoms with Crippen molar-refractivity contribution < 1.29 is 0 Å². The molecular weight excluding hydrogens is 176 g/mol. The average molecular weight is 198 g/mol. The van der Waals surface area contributed by atoms with E-state index in [0.29, 0.717) is 5.96 Å². The highest BCUT2D eigenvalue weighted by Gasteiger charge is 2.18. The zero-order valence-corrected chi connectivity index (χ0v) is 9.34. The normalized spacial score (nSPS) is 16.0. The van der Waals surface area contributed by atoms with E-state index < -0.39 is 0 Å². The van der Waals surface area contributed by atoms with Crippen molar-refractivity contribution >= 4 is 5.96 Å². The highest BCUT2D eigenvalue weighted by atomic mass is 15.4. The second-order valence-electron chi connectivity index (χ2n) is 3.70. The largest absolute Gasteiger partial charge is 0.343 e. The van der Waals surface area contributed by atoms with Gasteiger partial charge in [-0.05, 0) is 26.8 Å². The van der Waals surface area contributed by atoms with Crippen LogP contribution in [0.15, 0.2) is 0 Å². The zero-order valence-electron chi connectivity index (χ0n) is 9.34. The summed E-state index contributed by atoms with van der Waals surface area (Å²) in [6, 6.07) is 0. The average Bonchev–Trinajstić information content (AvgIpc) is 2.71. The lowest BCUT2D eigenvalue weighted by atomic mass is 10.4. The van der Waals surface area contributed by atoms with Crippen LogP contribution in [0, 0.1) is 5.41 Å². The van der Waals surface area contributed by atoms with E-state index in [1.165, 1.54) is 12.8 Å². The minimum atomic E-state index is 0.709. The van der Waals surface area contributed by atoms with E-state index in [1.54, 1.807) is 0 Å². The summed E-state index contributed by atoms with van der Waals surface area (Å²) in [4.78, 5) is 4.31. The molecule has 1 saturated heterocycles. The van der Waals surface area contributed by atoms with Crippen LogP contribution in [0.5, 0.6) is 0 Å². The fourth-order valence-corrected chi connectivity index (χ4v) is 1.79. The second-order valence-corrected chi connectivity index (χ2v) is 3.70. The van der Waals surface area contributed by atoms with Gasteiger partial charge in [0.15, 0.2) is 5.96 Å². The van der Waals surface area contributed by atoms with Crippen LogP contribution in [0.3, 0.4) is 0 Å². The Morgan fingerprint density at radius 2 is 2.07 bits per heavy atom. The Morgan fingerprint density at radius 3 is 2.57 bits per heavy atom. The summed E-state index contributed by atoms with van der Waals surface area (Å²) in [6.07, 6.45) is 2.48. The van der Waals surface area contributed by atoms with Crippen molar-refractivity contribution in [2.75, 3.05) is 39.8 Å². The van der Waals surface area contributed by atoms with E-state index in [0.717, 1.165) is 32.7 Å². The summed E-state index contributed by atoms with van der Waals surface area (Å²) >= 11 is 0. The van der Waals surface area contributed by atoms with Crippen molar-refractivity contribution in [1.29, 1.82) is 5.41 Å². The number of nitrogens with zero attached hydrogens (tertiary/aromatic N) is 2. The van der Waals surface area contributed by atoms with Gasteiger partial charge >= 0.3 is 0 Å². The summed E-state index contributed by atoms with van der Waals surface area (Å²) in [7, 11) is 1.95. The van der Waals surface area contributed by atoms with Crippen LogP contribution in [0.2, 0.25) is 0 Å². The number of guanidine groups is 1. The van der Waals surface area contributed by atoms with E-state index in [1.807, 2.05) is 7.05 Å². The van der Waals surface area contributed by atoms with Crippen LogP contribution in [0.25, 0.3) is 0 Å². The third-order valence-electron chi connectivity index (χ3n) is 2.72. The van der Waals surface area contributed by atoms with E-state index in [2.05, 4.69) is 22.0 Å². The molecule has 1 aliphatic heterocycles. The highest BCUT2D eigenvalue weighted by molar-refractivity contribution is 5.77. The smallest absolute Gasteiger partial charge is 0.193 e. The van der Waals surface area contributed by atoms with Gasteiger partial charge in [0.2, 0.25) is 0 Å². The molecule has 0 unspecified atom stereocenters. The molecule has 14 heavy (non-hydrogen) atoms. The van der Waals surface area contributed by atoms with Crippen molar-refractivity contribution in [2.45, 2.75) is 19.8 Å². The van der Waals surface area contributed by atoms with Crippen molar-refractivity contribution in [3.8, 4) is 0 Å². The predicted molar refractivity (Wildman–Crippen MR) is 59.7 cm³/mol. The lowest BCUT2D eigenvalue weighted by molar-refractivity contribution is 0.354. The Kier molecular flexibility index (Phi) is 4.73. The molecule has 0 atom stereocenters. The van der Waals surface area contributed by atoms with Gasteiger partial charge in [-0.2, -0.15) is 0 Å². The molecule has 0 aromatic carbocycles. The van der Waals surface area contributed by atoms with E-state index in [-0.39, 0.29) is 0 Å². The number of likely N-dealkylation sites (tertiary alicyclic amines) is 1. The maximum Gasteiger partial charge on any atom is 0.193 e. The Balaban J connectivity index is 2.37. The SMILES string of the molecule is CCN(CCNC)C(=N)N1CCCC1.